The van der Waals surface area contributed by atoms with Crippen LogP contribution < -0.4 is 4.90 Å². The lowest BCUT2D eigenvalue weighted by atomic mass is 9.98. The van der Waals surface area contributed by atoms with Gasteiger partial charge in [0.2, 0.25) is 5.91 Å². The average molecular weight is 342 g/mol. The number of hydrogen-bond acceptors (Lipinski definition) is 4. The summed E-state index contributed by atoms with van der Waals surface area (Å²) in [6.07, 6.45) is 1.79. The van der Waals surface area contributed by atoms with Gasteiger partial charge in [0.05, 0.1) is 10.4 Å². The van der Waals surface area contributed by atoms with Crippen LogP contribution in [-0.4, -0.2) is 53.5 Å². The Morgan fingerprint density at radius 3 is 2.79 bits per heavy atom. The smallest absolute Gasteiger partial charge is 0.229 e. The van der Waals surface area contributed by atoms with Crippen LogP contribution in [0.2, 0.25) is 0 Å². The number of halogens is 1. The highest BCUT2D eigenvalue weighted by atomic mass is 79.9. The standard InChI is InChI=1S/C13H16BrN3OS/c14-11-2-1-3-15-12(11)17-8-10(9-17)13(18)16-4-6-19-7-5-16/h1-3,10H,4-9H2. The fraction of sp³-hybridized carbons (Fsp3) is 0.538. The molecule has 0 bridgehead atoms. The Morgan fingerprint density at radius 1 is 1.37 bits per heavy atom. The zero-order chi connectivity index (χ0) is 13.2. The van der Waals surface area contributed by atoms with Gasteiger partial charge in [0.25, 0.3) is 0 Å². The van der Waals surface area contributed by atoms with Crippen LogP contribution in [0.1, 0.15) is 0 Å². The molecule has 2 aliphatic heterocycles. The van der Waals surface area contributed by atoms with Crippen LogP contribution in [0, 0.1) is 5.92 Å². The van der Waals surface area contributed by atoms with Gasteiger partial charge in [-0.15, -0.1) is 0 Å². The molecule has 0 radical (unpaired) electrons. The highest BCUT2D eigenvalue weighted by Gasteiger charge is 2.36. The van der Waals surface area contributed by atoms with Crippen molar-refractivity contribution in [1.29, 1.82) is 0 Å². The highest BCUT2D eigenvalue weighted by molar-refractivity contribution is 9.10. The van der Waals surface area contributed by atoms with Crippen LogP contribution in [0.5, 0.6) is 0 Å². The van der Waals surface area contributed by atoms with Gasteiger partial charge >= 0.3 is 0 Å². The molecule has 3 rings (SSSR count). The van der Waals surface area contributed by atoms with Crippen LogP contribution in [0.4, 0.5) is 5.82 Å². The summed E-state index contributed by atoms with van der Waals surface area (Å²) in [5.74, 6) is 3.57. The fourth-order valence-electron chi connectivity index (χ4n) is 2.46. The minimum atomic E-state index is 0.150. The van der Waals surface area contributed by atoms with E-state index in [0.717, 1.165) is 48.0 Å². The monoisotopic (exact) mass is 341 g/mol. The first-order valence-electron chi connectivity index (χ1n) is 6.47. The number of aromatic nitrogens is 1. The lowest BCUT2D eigenvalue weighted by Crippen LogP contribution is -2.56. The van der Waals surface area contributed by atoms with Gasteiger partial charge in [-0.1, -0.05) is 0 Å². The molecular formula is C13H16BrN3OS. The number of carbonyl (C=O) groups excluding carboxylic acids is 1. The lowest BCUT2D eigenvalue weighted by Gasteiger charge is -2.42. The molecule has 6 heteroatoms. The van der Waals surface area contributed by atoms with E-state index in [9.17, 15) is 4.79 Å². The SMILES string of the molecule is O=C(C1CN(c2ncccc2Br)C1)N1CCSCC1. The van der Waals surface area contributed by atoms with E-state index >= 15 is 0 Å². The Kier molecular flexibility index (Phi) is 3.98. The van der Waals surface area contributed by atoms with E-state index in [4.69, 9.17) is 0 Å². The first-order chi connectivity index (χ1) is 9.25. The van der Waals surface area contributed by atoms with Crippen molar-refractivity contribution >= 4 is 39.4 Å². The fourth-order valence-corrected chi connectivity index (χ4v) is 3.87. The predicted molar refractivity (Wildman–Crippen MR) is 81.5 cm³/mol. The minimum absolute atomic E-state index is 0.150. The molecule has 102 valence electrons. The Hall–Kier alpha value is -0.750. The molecule has 0 spiro atoms. The van der Waals surface area contributed by atoms with Gasteiger partial charge in [-0.25, -0.2) is 4.98 Å². The third kappa shape index (κ3) is 2.74. The number of hydrogen-bond donors (Lipinski definition) is 0. The first kappa shape index (κ1) is 13.2. The zero-order valence-corrected chi connectivity index (χ0v) is 13.0. The summed E-state index contributed by atoms with van der Waals surface area (Å²) in [7, 11) is 0. The summed E-state index contributed by atoms with van der Waals surface area (Å²) in [6, 6.07) is 3.89. The largest absolute Gasteiger partial charge is 0.354 e. The third-order valence-electron chi connectivity index (χ3n) is 3.59. The maximum atomic E-state index is 12.3. The Morgan fingerprint density at radius 2 is 2.11 bits per heavy atom. The predicted octanol–water partition coefficient (Wildman–Crippen LogP) is 1.86. The van der Waals surface area contributed by atoms with Crippen LogP contribution >= 0.6 is 27.7 Å². The molecule has 1 amide bonds. The van der Waals surface area contributed by atoms with Gasteiger partial charge in [-0.3, -0.25) is 4.79 Å². The molecule has 0 atom stereocenters. The number of carbonyl (C=O) groups is 1. The molecule has 2 fully saturated rings. The highest BCUT2D eigenvalue weighted by Crippen LogP contribution is 2.30. The molecule has 4 nitrogen and oxygen atoms in total. The molecule has 0 unspecified atom stereocenters. The number of pyridine rings is 1. The molecule has 1 aromatic heterocycles. The van der Waals surface area contributed by atoms with Crippen LogP contribution in [0.3, 0.4) is 0 Å². The van der Waals surface area contributed by atoms with Crippen molar-refractivity contribution in [3.63, 3.8) is 0 Å². The zero-order valence-electron chi connectivity index (χ0n) is 10.6. The van der Waals surface area contributed by atoms with Gasteiger partial charge < -0.3 is 9.80 Å². The van der Waals surface area contributed by atoms with E-state index in [-0.39, 0.29) is 5.92 Å². The molecule has 2 saturated heterocycles. The van der Waals surface area contributed by atoms with Crippen molar-refractivity contribution in [2.75, 3.05) is 42.6 Å². The van der Waals surface area contributed by atoms with Crippen molar-refractivity contribution in [3.05, 3.63) is 22.8 Å². The van der Waals surface area contributed by atoms with Crippen molar-refractivity contribution in [2.24, 2.45) is 5.92 Å². The second kappa shape index (κ2) is 5.71. The summed E-state index contributed by atoms with van der Waals surface area (Å²) >= 11 is 5.44. The minimum Gasteiger partial charge on any atom is -0.354 e. The number of rotatable bonds is 2. The van der Waals surface area contributed by atoms with Crippen LogP contribution in [0.15, 0.2) is 22.8 Å². The van der Waals surface area contributed by atoms with Crippen molar-refractivity contribution in [2.45, 2.75) is 0 Å². The number of amides is 1. The van der Waals surface area contributed by atoms with Gasteiger partial charge in [-0.05, 0) is 28.1 Å². The van der Waals surface area contributed by atoms with E-state index in [1.807, 2.05) is 28.8 Å². The van der Waals surface area contributed by atoms with E-state index < -0.39 is 0 Å². The van der Waals surface area contributed by atoms with Gasteiger partial charge in [0.1, 0.15) is 5.82 Å². The lowest BCUT2D eigenvalue weighted by molar-refractivity contribution is -0.135. The Bertz CT molecular complexity index is 473. The van der Waals surface area contributed by atoms with E-state index in [2.05, 4.69) is 25.8 Å². The third-order valence-corrected chi connectivity index (χ3v) is 5.15. The number of thioether (sulfide) groups is 1. The molecule has 0 aromatic carbocycles. The summed E-state index contributed by atoms with van der Waals surface area (Å²) in [4.78, 5) is 20.8. The van der Waals surface area contributed by atoms with Gasteiger partial charge in [-0.2, -0.15) is 11.8 Å². The average Bonchev–Trinajstić information content (AvgIpc) is 2.40. The van der Waals surface area contributed by atoms with E-state index in [1.54, 1.807) is 6.20 Å². The normalized spacial score (nSPS) is 20.3. The molecule has 0 saturated carbocycles. The summed E-state index contributed by atoms with van der Waals surface area (Å²) in [5.41, 5.74) is 0. The Labute approximate surface area is 125 Å². The molecule has 0 N–H and O–H groups in total. The molecule has 0 aliphatic carbocycles. The van der Waals surface area contributed by atoms with Crippen molar-refractivity contribution < 1.29 is 4.79 Å². The maximum absolute atomic E-state index is 12.3. The molecule has 1 aromatic rings. The van der Waals surface area contributed by atoms with Gasteiger partial charge in [0, 0.05) is 43.9 Å². The second-order valence-corrected chi connectivity index (χ2v) is 6.93. The number of anilines is 1. The van der Waals surface area contributed by atoms with E-state index in [0.29, 0.717) is 5.91 Å². The van der Waals surface area contributed by atoms with E-state index in [1.165, 1.54) is 0 Å². The first-order valence-corrected chi connectivity index (χ1v) is 8.42. The van der Waals surface area contributed by atoms with Crippen LogP contribution in [-0.2, 0) is 4.79 Å². The molecule has 19 heavy (non-hydrogen) atoms. The Balaban J connectivity index is 1.57. The molecule has 3 heterocycles. The topological polar surface area (TPSA) is 36.4 Å². The van der Waals surface area contributed by atoms with Crippen molar-refractivity contribution in [3.8, 4) is 0 Å². The quantitative estimate of drug-likeness (QED) is 0.822. The maximum Gasteiger partial charge on any atom is 0.229 e. The summed E-state index contributed by atoms with van der Waals surface area (Å²) < 4.78 is 0.996. The molecule has 2 aliphatic rings. The van der Waals surface area contributed by atoms with Crippen molar-refractivity contribution in [1.82, 2.24) is 9.88 Å². The number of nitrogens with zero attached hydrogens (tertiary/aromatic N) is 3. The molecular weight excluding hydrogens is 326 g/mol. The van der Waals surface area contributed by atoms with Gasteiger partial charge in [0.15, 0.2) is 0 Å². The summed E-state index contributed by atoms with van der Waals surface area (Å²) in [6.45, 7) is 3.40. The second-order valence-electron chi connectivity index (χ2n) is 4.85. The van der Waals surface area contributed by atoms with Crippen LogP contribution in [0.25, 0.3) is 0 Å². The summed E-state index contributed by atoms with van der Waals surface area (Å²) in [5, 5.41) is 0.